The second kappa shape index (κ2) is 6.81. The molecule has 1 atom stereocenters. The Labute approximate surface area is 157 Å². The van der Waals surface area contributed by atoms with E-state index in [1.165, 1.54) is 5.56 Å². The van der Waals surface area contributed by atoms with Gasteiger partial charge in [-0.15, -0.1) is 0 Å². The van der Waals surface area contributed by atoms with Crippen LogP contribution in [-0.2, 0) is 6.42 Å². The minimum absolute atomic E-state index is 0.0924. The molecule has 0 saturated carbocycles. The number of rotatable bonds is 3. The number of para-hydroxylation sites is 2. The maximum Gasteiger partial charge on any atom is 0.277 e. The molecule has 1 amide bonds. The van der Waals surface area contributed by atoms with Gasteiger partial charge in [-0.3, -0.25) is 9.78 Å². The fourth-order valence-electron chi connectivity index (χ4n) is 3.34. The van der Waals surface area contributed by atoms with Crippen LogP contribution in [0.15, 0.2) is 66.9 Å². The van der Waals surface area contributed by atoms with E-state index in [0.717, 1.165) is 23.5 Å². The highest BCUT2D eigenvalue weighted by Gasteiger charge is 2.31. The predicted octanol–water partition coefficient (Wildman–Crippen LogP) is 5.07. The molecule has 3 aromatic rings. The highest BCUT2D eigenvalue weighted by atomic mass is 35.5. The highest BCUT2D eigenvalue weighted by molar-refractivity contribution is 6.33. The third-order valence-electron chi connectivity index (χ3n) is 4.56. The summed E-state index contributed by atoms with van der Waals surface area (Å²) in [7, 11) is 0. The molecule has 0 fully saturated rings. The first-order valence-electron chi connectivity index (χ1n) is 8.52. The number of carbonyl (C=O) groups is 1. The van der Waals surface area contributed by atoms with Crippen molar-refractivity contribution in [2.75, 3.05) is 10.2 Å². The average molecular weight is 364 g/mol. The van der Waals surface area contributed by atoms with Crippen LogP contribution in [-0.4, -0.2) is 16.9 Å². The Kier molecular flexibility index (Phi) is 4.35. The molecule has 2 aromatic carbocycles. The summed E-state index contributed by atoms with van der Waals surface area (Å²) in [6, 6.07) is 19.2. The molecule has 1 aliphatic rings. The van der Waals surface area contributed by atoms with Crippen LogP contribution < -0.4 is 10.2 Å². The van der Waals surface area contributed by atoms with E-state index in [4.69, 9.17) is 11.6 Å². The Morgan fingerprint density at radius 1 is 1.15 bits per heavy atom. The standard InChI is InChI=1S/C21H18ClN3O/c1-14-12-15-6-2-5-9-20(15)25(14)21(26)19-13-16(10-11-23-19)24-18-8-4-3-7-17(18)22/h2-11,13-14H,12H2,1H3,(H,23,24). The van der Waals surface area contributed by atoms with Gasteiger partial charge in [-0.25, -0.2) is 0 Å². The molecule has 2 heterocycles. The first-order chi connectivity index (χ1) is 12.6. The molecule has 0 saturated heterocycles. The number of hydrogen-bond donors (Lipinski definition) is 1. The second-order valence-electron chi connectivity index (χ2n) is 6.39. The largest absolute Gasteiger partial charge is 0.354 e. The normalized spacial score (nSPS) is 15.6. The van der Waals surface area contributed by atoms with Crippen molar-refractivity contribution in [1.82, 2.24) is 4.98 Å². The van der Waals surface area contributed by atoms with Crippen LogP contribution in [0, 0.1) is 0 Å². The summed E-state index contributed by atoms with van der Waals surface area (Å²) in [6.45, 7) is 2.06. The smallest absolute Gasteiger partial charge is 0.277 e. The quantitative estimate of drug-likeness (QED) is 0.706. The predicted molar refractivity (Wildman–Crippen MR) is 105 cm³/mol. The number of nitrogens with one attached hydrogen (secondary N) is 1. The van der Waals surface area contributed by atoms with Gasteiger partial charge in [-0.1, -0.05) is 41.9 Å². The fraction of sp³-hybridized carbons (Fsp3) is 0.143. The van der Waals surface area contributed by atoms with Gasteiger partial charge in [0.2, 0.25) is 0 Å². The summed E-state index contributed by atoms with van der Waals surface area (Å²) < 4.78 is 0. The molecule has 0 spiro atoms. The van der Waals surface area contributed by atoms with Gasteiger partial charge in [-0.05, 0) is 49.2 Å². The molecule has 4 nitrogen and oxygen atoms in total. The van der Waals surface area contributed by atoms with Crippen molar-refractivity contribution in [2.45, 2.75) is 19.4 Å². The summed E-state index contributed by atoms with van der Waals surface area (Å²) in [5.41, 5.74) is 4.14. The molecular weight excluding hydrogens is 346 g/mol. The number of anilines is 3. The Morgan fingerprint density at radius 2 is 1.92 bits per heavy atom. The van der Waals surface area contributed by atoms with E-state index < -0.39 is 0 Å². The summed E-state index contributed by atoms with van der Waals surface area (Å²) in [4.78, 5) is 19.2. The number of benzene rings is 2. The third-order valence-corrected chi connectivity index (χ3v) is 4.89. The number of amides is 1. The lowest BCUT2D eigenvalue weighted by Crippen LogP contribution is -2.36. The molecule has 26 heavy (non-hydrogen) atoms. The number of halogens is 1. The van der Waals surface area contributed by atoms with E-state index in [1.807, 2.05) is 53.4 Å². The van der Waals surface area contributed by atoms with Crippen molar-refractivity contribution < 1.29 is 4.79 Å². The summed E-state index contributed by atoms with van der Waals surface area (Å²) in [5.74, 6) is -0.0924. The first-order valence-corrected chi connectivity index (χ1v) is 8.90. The molecule has 5 heteroatoms. The van der Waals surface area contributed by atoms with Crippen LogP contribution in [0.5, 0.6) is 0 Å². The van der Waals surface area contributed by atoms with E-state index in [2.05, 4.69) is 23.3 Å². The number of fused-ring (bicyclic) bond motifs is 1. The highest BCUT2D eigenvalue weighted by Crippen LogP contribution is 2.33. The van der Waals surface area contributed by atoms with Crippen LogP contribution in [0.4, 0.5) is 17.1 Å². The van der Waals surface area contributed by atoms with Crippen molar-refractivity contribution in [2.24, 2.45) is 0 Å². The van der Waals surface area contributed by atoms with Crippen LogP contribution in [0.25, 0.3) is 0 Å². The van der Waals surface area contributed by atoms with Gasteiger partial charge in [0.05, 0.1) is 10.7 Å². The van der Waals surface area contributed by atoms with Crippen molar-refractivity contribution in [3.63, 3.8) is 0 Å². The van der Waals surface area contributed by atoms with Crippen LogP contribution >= 0.6 is 11.6 Å². The maximum atomic E-state index is 13.1. The molecule has 0 bridgehead atoms. The Balaban J connectivity index is 1.63. The molecule has 1 N–H and O–H groups in total. The lowest BCUT2D eigenvalue weighted by atomic mass is 10.1. The van der Waals surface area contributed by atoms with Crippen LogP contribution in [0.1, 0.15) is 23.0 Å². The van der Waals surface area contributed by atoms with Gasteiger partial charge in [0.25, 0.3) is 5.91 Å². The first kappa shape index (κ1) is 16.6. The number of nitrogens with zero attached hydrogens (tertiary/aromatic N) is 2. The summed E-state index contributed by atoms with van der Waals surface area (Å²) in [5, 5.41) is 3.87. The Bertz CT molecular complexity index is 973. The monoisotopic (exact) mass is 363 g/mol. The zero-order chi connectivity index (χ0) is 18.1. The Hall–Kier alpha value is -2.85. The minimum atomic E-state index is -0.0924. The van der Waals surface area contributed by atoms with E-state index in [1.54, 1.807) is 12.3 Å². The molecule has 130 valence electrons. The lowest BCUT2D eigenvalue weighted by Gasteiger charge is -2.22. The van der Waals surface area contributed by atoms with Crippen LogP contribution in [0.2, 0.25) is 5.02 Å². The minimum Gasteiger partial charge on any atom is -0.354 e. The van der Waals surface area contributed by atoms with Crippen molar-refractivity contribution >= 4 is 34.6 Å². The number of pyridine rings is 1. The van der Waals surface area contributed by atoms with Gasteiger partial charge in [0.1, 0.15) is 5.69 Å². The molecule has 1 aliphatic heterocycles. The average Bonchev–Trinajstić information content (AvgIpc) is 2.99. The molecule has 4 rings (SSSR count). The summed E-state index contributed by atoms with van der Waals surface area (Å²) in [6.07, 6.45) is 2.50. The second-order valence-corrected chi connectivity index (χ2v) is 6.80. The Morgan fingerprint density at radius 3 is 2.77 bits per heavy atom. The number of carbonyl (C=O) groups excluding carboxylic acids is 1. The van der Waals surface area contributed by atoms with Gasteiger partial charge in [0.15, 0.2) is 0 Å². The molecule has 1 aromatic heterocycles. The fourth-order valence-corrected chi connectivity index (χ4v) is 3.52. The number of aromatic nitrogens is 1. The van der Waals surface area contributed by atoms with Crippen LogP contribution in [0.3, 0.4) is 0 Å². The topological polar surface area (TPSA) is 45.2 Å². The third kappa shape index (κ3) is 3.04. The van der Waals surface area contributed by atoms with Gasteiger partial charge < -0.3 is 10.2 Å². The SMILES string of the molecule is CC1Cc2ccccc2N1C(=O)c1cc(Nc2ccccc2Cl)ccn1. The van der Waals surface area contributed by atoms with E-state index in [0.29, 0.717) is 10.7 Å². The molecular formula is C21H18ClN3O. The zero-order valence-electron chi connectivity index (χ0n) is 14.3. The maximum absolute atomic E-state index is 13.1. The van der Waals surface area contributed by atoms with Gasteiger partial charge in [0, 0.05) is 23.6 Å². The molecule has 1 unspecified atom stereocenters. The van der Waals surface area contributed by atoms with Crippen molar-refractivity contribution in [1.29, 1.82) is 0 Å². The van der Waals surface area contributed by atoms with Crippen molar-refractivity contribution in [3.8, 4) is 0 Å². The molecule has 0 radical (unpaired) electrons. The van der Waals surface area contributed by atoms with Gasteiger partial charge in [-0.2, -0.15) is 0 Å². The summed E-state index contributed by atoms with van der Waals surface area (Å²) >= 11 is 6.20. The zero-order valence-corrected chi connectivity index (χ0v) is 15.1. The van der Waals surface area contributed by atoms with E-state index in [9.17, 15) is 4.79 Å². The lowest BCUT2D eigenvalue weighted by molar-refractivity contribution is 0.0976. The molecule has 0 aliphatic carbocycles. The van der Waals surface area contributed by atoms with E-state index >= 15 is 0 Å². The van der Waals surface area contributed by atoms with Crippen molar-refractivity contribution in [3.05, 3.63) is 83.1 Å². The number of hydrogen-bond acceptors (Lipinski definition) is 3. The van der Waals surface area contributed by atoms with Gasteiger partial charge >= 0.3 is 0 Å². The van der Waals surface area contributed by atoms with E-state index in [-0.39, 0.29) is 11.9 Å².